The number of rotatable bonds is 10. The van der Waals surface area contributed by atoms with Crippen molar-refractivity contribution in [1.29, 1.82) is 0 Å². The van der Waals surface area contributed by atoms with Gasteiger partial charge in [0, 0.05) is 29.4 Å². The normalized spacial score (nSPS) is 10.7. The number of pyridine rings is 1. The lowest BCUT2D eigenvalue weighted by atomic mass is 10.2. The lowest BCUT2D eigenvalue weighted by Gasteiger charge is -2.14. The first kappa shape index (κ1) is 23.6. The molecule has 1 N–H and O–H groups in total. The Bertz CT molecular complexity index is 1060. The molecule has 2 aromatic carbocycles. The van der Waals surface area contributed by atoms with Crippen LogP contribution in [0.4, 0.5) is 0 Å². The molecule has 0 unspecified atom stereocenters. The third-order valence-corrected chi connectivity index (χ3v) is 5.03. The fourth-order valence-corrected chi connectivity index (χ4v) is 3.34. The van der Waals surface area contributed by atoms with Gasteiger partial charge in [0.05, 0.1) is 31.0 Å². The molecule has 166 valence electrons. The van der Waals surface area contributed by atoms with Crippen LogP contribution < -0.4 is 19.6 Å². The maximum atomic E-state index is 12.0. The van der Waals surface area contributed by atoms with E-state index in [4.69, 9.17) is 25.8 Å². The Morgan fingerprint density at radius 3 is 2.56 bits per heavy atom. The second-order valence-electron chi connectivity index (χ2n) is 6.47. The molecule has 9 heteroatoms. The number of halogens is 2. The zero-order valence-electron chi connectivity index (χ0n) is 17.3. The lowest BCUT2D eigenvalue weighted by molar-refractivity contribution is 0.0955. The summed E-state index contributed by atoms with van der Waals surface area (Å²) in [4.78, 5) is 15.9. The lowest BCUT2D eigenvalue weighted by Crippen LogP contribution is -2.17. The van der Waals surface area contributed by atoms with Crippen LogP contribution in [-0.4, -0.2) is 37.4 Å². The number of benzene rings is 2. The van der Waals surface area contributed by atoms with Crippen LogP contribution in [-0.2, 0) is 0 Å². The molecule has 32 heavy (non-hydrogen) atoms. The third kappa shape index (κ3) is 6.96. The molecule has 0 aliphatic heterocycles. The molecule has 0 saturated heterocycles. The highest BCUT2D eigenvalue weighted by Crippen LogP contribution is 2.36. The molecule has 7 nitrogen and oxygen atoms in total. The molecule has 0 bridgehead atoms. The number of hydrogen-bond acceptors (Lipinski definition) is 6. The second kappa shape index (κ2) is 12.1. The number of nitrogens with one attached hydrogen (secondary N) is 1. The topological polar surface area (TPSA) is 82.0 Å². The number of hydrogen-bond donors (Lipinski definition) is 1. The van der Waals surface area contributed by atoms with Crippen molar-refractivity contribution in [2.75, 3.05) is 20.3 Å². The molecular weight excluding hydrogens is 498 g/mol. The van der Waals surface area contributed by atoms with Crippen molar-refractivity contribution in [3.63, 3.8) is 0 Å². The second-order valence-corrected chi connectivity index (χ2v) is 7.76. The molecule has 0 fully saturated rings. The summed E-state index contributed by atoms with van der Waals surface area (Å²) in [6.45, 7) is 0.946. The van der Waals surface area contributed by atoms with Crippen LogP contribution in [0.25, 0.3) is 0 Å². The minimum absolute atomic E-state index is 0.324. The van der Waals surface area contributed by atoms with E-state index in [0.717, 1.165) is 11.3 Å². The molecule has 1 amide bonds. The highest BCUT2D eigenvalue weighted by Gasteiger charge is 2.11. The summed E-state index contributed by atoms with van der Waals surface area (Å²) in [7, 11) is 1.56. The van der Waals surface area contributed by atoms with E-state index in [2.05, 4.69) is 31.4 Å². The third-order valence-electron chi connectivity index (χ3n) is 4.19. The van der Waals surface area contributed by atoms with Gasteiger partial charge in [0.2, 0.25) is 0 Å². The minimum atomic E-state index is -0.324. The monoisotopic (exact) mass is 517 g/mol. The van der Waals surface area contributed by atoms with Gasteiger partial charge in [-0.15, -0.1) is 0 Å². The number of amides is 1. The number of aromatic nitrogens is 1. The number of methoxy groups -OCH3 is 1. The SMILES string of the molecule is COc1cc(/C=N/NC(=O)c2ccncc2)cc(Br)c1OCCCOc1ccc(Cl)cc1. The molecule has 0 aliphatic carbocycles. The van der Waals surface area contributed by atoms with Gasteiger partial charge in [-0.2, -0.15) is 5.10 Å². The Morgan fingerprint density at radius 2 is 1.84 bits per heavy atom. The van der Waals surface area contributed by atoms with Crippen LogP contribution in [0, 0.1) is 0 Å². The average Bonchev–Trinajstić information content (AvgIpc) is 2.81. The van der Waals surface area contributed by atoms with Gasteiger partial charge in [0.25, 0.3) is 5.91 Å². The van der Waals surface area contributed by atoms with E-state index in [-0.39, 0.29) is 5.91 Å². The van der Waals surface area contributed by atoms with E-state index in [1.54, 1.807) is 49.8 Å². The molecule has 1 aromatic heterocycles. The summed E-state index contributed by atoms with van der Waals surface area (Å²) in [6.07, 6.45) is 5.30. The van der Waals surface area contributed by atoms with Gasteiger partial charge in [-0.1, -0.05) is 11.6 Å². The fourth-order valence-electron chi connectivity index (χ4n) is 2.64. The predicted molar refractivity (Wildman–Crippen MR) is 127 cm³/mol. The van der Waals surface area contributed by atoms with Crippen molar-refractivity contribution < 1.29 is 19.0 Å². The molecule has 3 aromatic rings. The van der Waals surface area contributed by atoms with Gasteiger partial charge >= 0.3 is 0 Å². The van der Waals surface area contributed by atoms with Gasteiger partial charge in [-0.05, 0) is 70.0 Å². The van der Waals surface area contributed by atoms with E-state index in [0.29, 0.717) is 46.2 Å². The molecule has 0 saturated carbocycles. The quantitative estimate of drug-likeness (QED) is 0.229. The smallest absolute Gasteiger partial charge is 0.271 e. The summed E-state index contributed by atoms with van der Waals surface area (Å²) in [5.74, 6) is 1.56. The number of ether oxygens (including phenoxy) is 3. The first-order chi connectivity index (χ1) is 15.6. The van der Waals surface area contributed by atoms with Crippen LogP contribution in [0.15, 0.2) is 70.5 Å². The van der Waals surface area contributed by atoms with E-state index in [9.17, 15) is 4.79 Å². The Labute approximate surface area is 199 Å². The van der Waals surface area contributed by atoms with Gasteiger partial charge in [0.1, 0.15) is 5.75 Å². The maximum absolute atomic E-state index is 12.0. The van der Waals surface area contributed by atoms with Crippen molar-refractivity contribution >= 4 is 39.7 Å². The minimum Gasteiger partial charge on any atom is -0.493 e. The Kier molecular flexibility index (Phi) is 8.89. The number of carbonyl (C=O) groups is 1. The van der Waals surface area contributed by atoms with E-state index >= 15 is 0 Å². The molecule has 0 spiro atoms. The molecule has 0 radical (unpaired) electrons. The summed E-state index contributed by atoms with van der Waals surface area (Å²) in [5, 5.41) is 4.67. The number of carbonyl (C=O) groups excluding carboxylic acids is 1. The van der Waals surface area contributed by atoms with Crippen molar-refractivity contribution in [2.45, 2.75) is 6.42 Å². The average molecular weight is 519 g/mol. The zero-order valence-corrected chi connectivity index (χ0v) is 19.6. The highest BCUT2D eigenvalue weighted by atomic mass is 79.9. The van der Waals surface area contributed by atoms with Crippen molar-refractivity contribution in [1.82, 2.24) is 10.4 Å². The van der Waals surface area contributed by atoms with Gasteiger partial charge in [-0.3, -0.25) is 9.78 Å². The molecule has 0 atom stereocenters. The van der Waals surface area contributed by atoms with Crippen molar-refractivity contribution in [3.8, 4) is 17.2 Å². The molecule has 1 heterocycles. The Balaban J connectivity index is 1.52. The van der Waals surface area contributed by atoms with Crippen molar-refractivity contribution in [2.24, 2.45) is 5.10 Å². The standard InChI is InChI=1S/C23H21BrClN3O4/c1-30-21-14-16(15-27-28-23(29)17-7-9-26-10-8-17)13-20(24)22(21)32-12-2-11-31-19-5-3-18(25)4-6-19/h3-10,13-15H,2,11-12H2,1H3,(H,28,29)/b27-15+. The van der Waals surface area contributed by atoms with E-state index < -0.39 is 0 Å². The fraction of sp³-hybridized carbons (Fsp3) is 0.174. The number of hydrazone groups is 1. The van der Waals surface area contributed by atoms with Crippen LogP contribution >= 0.6 is 27.5 Å². The summed E-state index contributed by atoms with van der Waals surface area (Å²) >= 11 is 9.37. The zero-order chi connectivity index (χ0) is 22.8. The van der Waals surface area contributed by atoms with Gasteiger partial charge < -0.3 is 14.2 Å². The summed E-state index contributed by atoms with van der Waals surface area (Å²) in [5.41, 5.74) is 3.67. The maximum Gasteiger partial charge on any atom is 0.271 e. The molecule has 0 aliphatic rings. The largest absolute Gasteiger partial charge is 0.493 e. The van der Waals surface area contributed by atoms with Gasteiger partial charge in [-0.25, -0.2) is 5.43 Å². The first-order valence-corrected chi connectivity index (χ1v) is 10.9. The highest BCUT2D eigenvalue weighted by molar-refractivity contribution is 9.10. The summed E-state index contributed by atoms with van der Waals surface area (Å²) in [6, 6.07) is 14.0. The Morgan fingerprint density at radius 1 is 1.12 bits per heavy atom. The number of nitrogens with zero attached hydrogens (tertiary/aromatic N) is 2. The van der Waals surface area contributed by atoms with Crippen molar-refractivity contribution in [3.05, 3.63) is 81.5 Å². The summed E-state index contributed by atoms with van der Waals surface area (Å²) < 4.78 is 17.7. The van der Waals surface area contributed by atoms with Crippen LogP contribution in [0.3, 0.4) is 0 Å². The first-order valence-electron chi connectivity index (χ1n) is 9.69. The molecular formula is C23H21BrClN3O4. The molecule has 3 rings (SSSR count). The van der Waals surface area contributed by atoms with Crippen LogP contribution in [0.2, 0.25) is 5.02 Å². The van der Waals surface area contributed by atoms with Crippen LogP contribution in [0.5, 0.6) is 17.2 Å². The van der Waals surface area contributed by atoms with E-state index in [1.807, 2.05) is 18.2 Å². The van der Waals surface area contributed by atoms with Crippen LogP contribution in [0.1, 0.15) is 22.3 Å². The predicted octanol–water partition coefficient (Wildman–Crippen LogP) is 5.12. The van der Waals surface area contributed by atoms with Gasteiger partial charge in [0.15, 0.2) is 11.5 Å². The Hall–Kier alpha value is -3.10. The van der Waals surface area contributed by atoms with E-state index in [1.165, 1.54) is 6.21 Å².